The maximum atomic E-state index is 10.8. The minimum Gasteiger partial charge on any atom is -0.435 e. The van der Waals surface area contributed by atoms with Gasteiger partial charge in [-0.15, -0.1) is 0 Å². The molecule has 0 bridgehead atoms. The lowest BCUT2D eigenvalue weighted by Crippen LogP contribution is -1.98. The predicted molar refractivity (Wildman–Crippen MR) is 82.7 cm³/mol. The number of rotatable bonds is 3. The minimum atomic E-state index is -0.502. The van der Waals surface area contributed by atoms with E-state index in [0.29, 0.717) is 19.2 Å². The number of ether oxygens (including phenoxy) is 1. The van der Waals surface area contributed by atoms with Crippen molar-refractivity contribution in [1.29, 1.82) is 0 Å². The molecule has 1 heterocycles. The number of non-ortho nitro benzene ring substituents is 1. The van der Waals surface area contributed by atoms with Crippen LogP contribution in [0.15, 0.2) is 31.7 Å². The minimum absolute atomic E-state index is 0.0531. The lowest BCUT2D eigenvalue weighted by Gasteiger charge is -2.10. The summed E-state index contributed by atoms with van der Waals surface area (Å²) in [6, 6.07) is 2.66. The van der Waals surface area contributed by atoms with Gasteiger partial charge in [-0.05, 0) is 47.8 Å². The molecule has 0 aliphatic heterocycles. The van der Waals surface area contributed by atoms with Gasteiger partial charge in [0, 0.05) is 12.1 Å². The third-order valence-corrected chi connectivity index (χ3v) is 3.85. The zero-order chi connectivity index (χ0) is 14.9. The van der Waals surface area contributed by atoms with Gasteiger partial charge in [-0.1, -0.05) is 0 Å². The molecule has 0 aliphatic carbocycles. The number of aromatic nitrogens is 2. The molecule has 0 saturated carbocycles. The Bertz CT molecular complexity index is 672. The van der Waals surface area contributed by atoms with Crippen LogP contribution in [0, 0.1) is 10.1 Å². The second-order valence-electron chi connectivity index (χ2n) is 3.48. The molecule has 0 saturated heterocycles. The number of nitrogens with zero attached hydrogens (tertiary/aromatic N) is 3. The van der Waals surface area contributed by atoms with Crippen LogP contribution in [0.25, 0.3) is 0 Å². The first-order valence-corrected chi connectivity index (χ1v) is 7.35. The van der Waals surface area contributed by atoms with Crippen LogP contribution in [-0.2, 0) is 0 Å². The number of nitro benzene ring substituents is 1. The molecule has 2 rings (SSSR count). The number of hydrogen-bond donors (Lipinski definition) is 1. The summed E-state index contributed by atoms with van der Waals surface area (Å²) in [6.45, 7) is 0. The molecule has 7 nitrogen and oxygen atoms in total. The van der Waals surface area contributed by atoms with Crippen LogP contribution in [0.4, 0.5) is 11.6 Å². The van der Waals surface area contributed by atoms with Crippen molar-refractivity contribution in [2.75, 3.05) is 5.73 Å². The van der Waals surface area contributed by atoms with Gasteiger partial charge in [0.1, 0.15) is 0 Å². The number of halogens is 3. The summed E-state index contributed by atoms with van der Waals surface area (Å²) in [5, 5.41) is 10.8. The van der Waals surface area contributed by atoms with E-state index in [1.807, 2.05) is 0 Å². The van der Waals surface area contributed by atoms with Gasteiger partial charge in [-0.3, -0.25) is 10.1 Å². The Kier molecular flexibility index (Phi) is 4.55. The molecule has 0 fully saturated rings. The molecule has 0 aliphatic rings. The fraction of sp³-hybridized carbons (Fsp3) is 0. The summed E-state index contributed by atoms with van der Waals surface area (Å²) in [7, 11) is 0. The van der Waals surface area contributed by atoms with Gasteiger partial charge >= 0.3 is 0 Å². The monoisotopic (exact) mass is 466 g/mol. The van der Waals surface area contributed by atoms with E-state index in [2.05, 4.69) is 57.8 Å². The molecule has 10 heteroatoms. The van der Waals surface area contributed by atoms with Crippen LogP contribution < -0.4 is 10.5 Å². The predicted octanol–water partition coefficient (Wildman–Crippen LogP) is 4.05. The van der Waals surface area contributed by atoms with Crippen molar-refractivity contribution in [1.82, 2.24) is 9.97 Å². The van der Waals surface area contributed by atoms with Crippen molar-refractivity contribution < 1.29 is 9.66 Å². The number of nitrogens with two attached hydrogens (primary N) is 1. The second-order valence-corrected chi connectivity index (χ2v) is 6.04. The van der Waals surface area contributed by atoms with Crippen molar-refractivity contribution in [3.05, 3.63) is 41.9 Å². The Morgan fingerprint density at radius 3 is 2.35 bits per heavy atom. The molecular formula is C10H5Br3N4O3. The largest absolute Gasteiger partial charge is 0.435 e. The van der Waals surface area contributed by atoms with Crippen LogP contribution in [0.5, 0.6) is 11.6 Å². The molecular weight excluding hydrogens is 464 g/mol. The molecule has 0 radical (unpaired) electrons. The summed E-state index contributed by atoms with van der Waals surface area (Å²) in [6.07, 6.45) is 1.45. The zero-order valence-electron chi connectivity index (χ0n) is 9.51. The summed E-state index contributed by atoms with van der Waals surface area (Å²) in [5.41, 5.74) is 5.41. The highest BCUT2D eigenvalue weighted by atomic mass is 79.9. The Hall–Kier alpha value is -1.26. The van der Waals surface area contributed by atoms with E-state index in [9.17, 15) is 10.1 Å². The Balaban J connectivity index is 2.44. The Morgan fingerprint density at radius 2 is 1.80 bits per heavy atom. The summed E-state index contributed by atoms with van der Waals surface area (Å²) >= 11 is 9.67. The molecule has 20 heavy (non-hydrogen) atoms. The number of hydrogen-bond acceptors (Lipinski definition) is 6. The van der Waals surface area contributed by atoms with Crippen molar-refractivity contribution in [3.63, 3.8) is 0 Å². The smallest absolute Gasteiger partial charge is 0.271 e. The van der Waals surface area contributed by atoms with Crippen LogP contribution in [-0.4, -0.2) is 14.9 Å². The third kappa shape index (κ3) is 3.25. The number of nitrogen functional groups attached to an aromatic ring is 1. The lowest BCUT2D eigenvalue weighted by atomic mass is 10.3. The average Bonchev–Trinajstić information content (AvgIpc) is 2.37. The van der Waals surface area contributed by atoms with E-state index < -0.39 is 4.92 Å². The summed E-state index contributed by atoms with van der Waals surface area (Å²) in [4.78, 5) is 18.0. The van der Waals surface area contributed by atoms with Crippen molar-refractivity contribution >= 4 is 59.4 Å². The van der Waals surface area contributed by atoms with E-state index in [1.165, 1.54) is 18.3 Å². The number of nitro groups is 1. The van der Waals surface area contributed by atoms with Gasteiger partial charge in [0.15, 0.2) is 5.75 Å². The SMILES string of the molecule is Nc1ncc(Br)c(Oc2c(Br)cc([N+](=O)[O-])cc2Br)n1. The Labute approximate surface area is 138 Å². The summed E-state index contributed by atoms with van der Waals surface area (Å²) < 4.78 is 6.91. The molecule has 1 aromatic heterocycles. The molecule has 104 valence electrons. The van der Waals surface area contributed by atoms with Gasteiger partial charge in [-0.25, -0.2) is 4.98 Å². The zero-order valence-corrected chi connectivity index (χ0v) is 14.3. The topological polar surface area (TPSA) is 104 Å². The second kappa shape index (κ2) is 6.02. The van der Waals surface area contributed by atoms with Gasteiger partial charge in [0.05, 0.1) is 24.5 Å². The van der Waals surface area contributed by atoms with Crippen molar-refractivity contribution in [2.45, 2.75) is 0 Å². The first kappa shape index (κ1) is 15.1. The summed E-state index contributed by atoms with van der Waals surface area (Å²) in [5.74, 6) is 0.597. The van der Waals surface area contributed by atoms with Crippen LogP contribution in [0.1, 0.15) is 0 Å². The lowest BCUT2D eigenvalue weighted by molar-refractivity contribution is -0.385. The molecule has 2 N–H and O–H groups in total. The van der Waals surface area contributed by atoms with Gasteiger partial charge in [0.2, 0.25) is 11.8 Å². The van der Waals surface area contributed by atoms with Crippen LogP contribution >= 0.6 is 47.8 Å². The molecule has 0 atom stereocenters. The maximum absolute atomic E-state index is 10.8. The van der Waals surface area contributed by atoms with Crippen molar-refractivity contribution in [3.8, 4) is 11.6 Å². The normalized spacial score (nSPS) is 10.3. The molecule has 0 spiro atoms. The van der Waals surface area contributed by atoms with Gasteiger partial charge in [-0.2, -0.15) is 4.98 Å². The highest BCUT2D eigenvalue weighted by Crippen LogP contribution is 2.40. The number of benzene rings is 1. The molecule has 1 aromatic carbocycles. The van der Waals surface area contributed by atoms with Crippen LogP contribution in [0.3, 0.4) is 0 Å². The van der Waals surface area contributed by atoms with E-state index >= 15 is 0 Å². The van der Waals surface area contributed by atoms with E-state index in [1.54, 1.807) is 0 Å². The fourth-order valence-electron chi connectivity index (χ4n) is 1.28. The van der Waals surface area contributed by atoms with E-state index in [0.717, 1.165) is 0 Å². The molecule has 0 unspecified atom stereocenters. The standard InChI is InChI=1S/C10H5Br3N4O3/c11-5-1-4(17(18)19)2-6(12)8(5)20-9-7(13)3-15-10(14)16-9/h1-3H,(H2,14,15,16). The van der Waals surface area contributed by atoms with Crippen molar-refractivity contribution in [2.24, 2.45) is 0 Å². The first-order chi connectivity index (χ1) is 9.38. The molecule has 0 amide bonds. The number of anilines is 1. The fourth-order valence-corrected chi connectivity index (χ4v) is 2.88. The maximum Gasteiger partial charge on any atom is 0.271 e. The third-order valence-electron chi connectivity index (χ3n) is 2.12. The highest BCUT2D eigenvalue weighted by molar-refractivity contribution is 9.11. The Morgan fingerprint density at radius 1 is 1.20 bits per heavy atom. The van der Waals surface area contributed by atoms with Crippen LogP contribution in [0.2, 0.25) is 0 Å². The quantitative estimate of drug-likeness (QED) is 0.538. The first-order valence-electron chi connectivity index (χ1n) is 4.98. The van der Waals surface area contributed by atoms with E-state index in [4.69, 9.17) is 10.5 Å². The van der Waals surface area contributed by atoms with Gasteiger partial charge < -0.3 is 10.5 Å². The average molecular weight is 469 g/mol. The van der Waals surface area contributed by atoms with E-state index in [-0.39, 0.29) is 17.5 Å². The highest BCUT2D eigenvalue weighted by Gasteiger charge is 2.17. The van der Waals surface area contributed by atoms with Gasteiger partial charge in [0.25, 0.3) is 5.69 Å². The molecule has 2 aromatic rings.